The SMILES string of the molecule is CC[N+](CC)(CCCS(=O)(=O)[O-])CCOCCOC. The van der Waals surface area contributed by atoms with Crippen molar-refractivity contribution in [2.45, 2.75) is 20.3 Å². The molecule has 0 aromatic carbocycles. The highest BCUT2D eigenvalue weighted by Gasteiger charge is 2.22. The first-order valence-electron chi connectivity index (χ1n) is 6.74. The number of ether oxygens (including phenoxy) is 2. The molecule has 0 spiro atoms. The summed E-state index contributed by atoms with van der Waals surface area (Å²) in [5.74, 6) is -0.280. The summed E-state index contributed by atoms with van der Waals surface area (Å²) >= 11 is 0. The summed E-state index contributed by atoms with van der Waals surface area (Å²) in [6.07, 6.45) is 0.408. The van der Waals surface area contributed by atoms with Crippen LogP contribution in [0.1, 0.15) is 20.3 Å². The van der Waals surface area contributed by atoms with Gasteiger partial charge in [0.1, 0.15) is 6.54 Å². The lowest BCUT2D eigenvalue weighted by atomic mass is 10.3. The van der Waals surface area contributed by atoms with Crippen molar-refractivity contribution in [3.8, 4) is 0 Å². The third-order valence-electron chi connectivity index (χ3n) is 3.51. The van der Waals surface area contributed by atoms with E-state index in [1.165, 1.54) is 0 Å². The van der Waals surface area contributed by atoms with Gasteiger partial charge < -0.3 is 18.5 Å². The minimum atomic E-state index is -4.10. The average Bonchev–Trinajstić information content (AvgIpc) is 2.35. The second-order valence-corrected chi connectivity index (χ2v) is 6.17. The fraction of sp³-hybridized carbons (Fsp3) is 1.00. The molecular formula is C12H27NO5S. The van der Waals surface area contributed by atoms with E-state index in [4.69, 9.17) is 9.47 Å². The standard InChI is InChI=1S/C12H27NO5S/c1-4-13(5-2,7-6-12-19(14,15)16)8-9-18-11-10-17-3/h4-12H2,1-3H3. The molecule has 0 radical (unpaired) electrons. The van der Waals surface area contributed by atoms with Crippen molar-refractivity contribution in [2.75, 3.05) is 58.9 Å². The highest BCUT2D eigenvalue weighted by molar-refractivity contribution is 7.85. The van der Waals surface area contributed by atoms with Gasteiger partial charge in [-0.05, 0) is 13.8 Å². The Morgan fingerprint density at radius 3 is 2.16 bits per heavy atom. The van der Waals surface area contributed by atoms with Gasteiger partial charge in [0.25, 0.3) is 0 Å². The molecule has 0 aliphatic carbocycles. The average molecular weight is 297 g/mol. The number of methoxy groups -OCH3 is 1. The van der Waals surface area contributed by atoms with Crippen LogP contribution in [0.25, 0.3) is 0 Å². The molecule has 0 bridgehead atoms. The highest BCUT2D eigenvalue weighted by atomic mass is 32.2. The normalized spacial score (nSPS) is 12.8. The molecule has 0 aromatic rings. The smallest absolute Gasteiger partial charge is 0.102 e. The first-order valence-corrected chi connectivity index (χ1v) is 8.32. The minimum Gasteiger partial charge on any atom is -0.748 e. The molecule has 7 heteroatoms. The molecule has 0 fully saturated rings. The van der Waals surface area contributed by atoms with Gasteiger partial charge in [0, 0.05) is 19.3 Å². The van der Waals surface area contributed by atoms with Crippen LogP contribution in [-0.2, 0) is 19.6 Å². The Balaban J connectivity index is 4.10. The number of likely N-dealkylation sites (N-methyl/N-ethyl adjacent to an activating group) is 1. The number of hydrogen-bond donors (Lipinski definition) is 0. The largest absolute Gasteiger partial charge is 0.748 e. The van der Waals surface area contributed by atoms with Crippen molar-refractivity contribution >= 4 is 10.1 Å². The van der Waals surface area contributed by atoms with Crippen molar-refractivity contribution in [1.82, 2.24) is 0 Å². The number of quaternary nitrogens is 1. The van der Waals surface area contributed by atoms with E-state index in [-0.39, 0.29) is 5.75 Å². The zero-order chi connectivity index (χ0) is 14.8. The van der Waals surface area contributed by atoms with Gasteiger partial charge in [0.2, 0.25) is 0 Å². The molecule has 0 heterocycles. The van der Waals surface area contributed by atoms with E-state index in [9.17, 15) is 13.0 Å². The van der Waals surface area contributed by atoms with E-state index >= 15 is 0 Å². The van der Waals surface area contributed by atoms with E-state index in [1.54, 1.807) is 7.11 Å². The van der Waals surface area contributed by atoms with Crippen LogP contribution in [0, 0.1) is 0 Å². The van der Waals surface area contributed by atoms with Gasteiger partial charge in [-0.25, -0.2) is 8.42 Å². The van der Waals surface area contributed by atoms with E-state index in [2.05, 4.69) is 13.8 Å². The van der Waals surface area contributed by atoms with Gasteiger partial charge in [-0.1, -0.05) is 0 Å². The molecule has 0 aliphatic heterocycles. The Morgan fingerprint density at radius 1 is 1.05 bits per heavy atom. The maximum Gasteiger partial charge on any atom is 0.102 e. The summed E-state index contributed by atoms with van der Waals surface area (Å²) in [5, 5.41) is 0. The zero-order valence-electron chi connectivity index (χ0n) is 12.3. The second kappa shape index (κ2) is 9.66. The summed E-state index contributed by atoms with van der Waals surface area (Å²) in [6, 6.07) is 0. The zero-order valence-corrected chi connectivity index (χ0v) is 13.1. The van der Waals surface area contributed by atoms with E-state index in [0.717, 1.165) is 24.1 Å². The molecule has 0 rings (SSSR count). The molecule has 0 unspecified atom stereocenters. The molecule has 0 saturated carbocycles. The Bertz CT molecular complexity index is 314. The Kier molecular flexibility index (Phi) is 9.55. The van der Waals surface area contributed by atoms with Crippen LogP contribution in [0.4, 0.5) is 0 Å². The summed E-state index contributed by atoms with van der Waals surface area (Å²) in [4.78, 5) is 0. The molecule has 0 aromatic heterocycles. The summed E-state index contributed by atoms with van der Waals surface area (Å²) in [7, 11) is -2.47. The second-order valence-electron chi connectivity index (χ2n) is 4.64. The Hall–Kier alpha value is -0.210. The molecule has 0 atom stereocenters. The van der Waals surface area contributed by atoms with Crippen LogP contribution in [0.5, 0.6) is 0 Å². The number of nitrogens with zero attached hydrogens (tertiary/aromatic N) is 1. The van der Waals surface area contributed by atoms with Crippen LogP contribution in [-0.4, -0.2) is 76.3 Å². The monoisotopic (exact) mass is 297 g/mol. The van der Waals surface area contributed by atoms with Gasteiger partial charge in [-0.2, -0.15) is 0 Å². The van der Waals surface area contributed by atoms with Crippen LogP contribution in [0.15, 0.2) is 0 Å². The fourth-order valence-electron chi connectivity index (χ4n) is 2.05. The van der Waals surface area contributed by atoms with Gasteiger partial charge in [0.05, 0.1) is 49.6 Å². The highest BCUT2D eigenvalue weighted by Crippen LogP contribution is 2.08. The van der Waals surface area contributed by atoms with Gasteiger partial charge in [-0.3, -0.25) is 0 Å². The van der Waals surface area contributed by atoms with Crippen molar-refractivity contribution in [3.63, 3.8) is 0 Å². The van der Waals surface area contributed by atoms with Crippen molar-refractivity contribution in [1.29, 1.82) is 0 Å². The quantitative estimate of drug-likeness (QED) is 0.297. The van der Waals surface area contributed by atoms with Gasteiger partial charge in [0.15, 0.2) is 0 Å². The van der Waals surface area contributed by atoms with E-state index in [0.29, 0.717) is 32.8 Å². The lowest BCUT2D eigenvalue weighted by Gasteiger charge is -2.37. The predicted molar refractivity (Wildman–Crippen MR) is 73.0 cm³/mol. The van der Waals surface area contributed by atoms with Crippen molar-refractivity contribution in [3.05, 3.63) is 0 Å². The molecule has 0 saturated heterocycles. The summed E-state index contributed by atoms with van der Waals surface area (Å²) in [6.45, 7) is 9.25. The molecule has 19 heavy (non-hydrogen) atoms. The molecule has 0 aliphatic rings. The topological polar surface area (TPSA) is 75.7 Å². The Labute approximate surface area is 117 Å². The molecular weight excluding hydrogens is 270 g/mol. The van der Waals surface area contributed by atoms with Crippen LogP contribution in [0.3, 0.4) is 0 Å². The first kappa shape index (κ1) is 18.8. The van der Waals surface area contributed by atoms with Crippen LogP contribution < -0.4 is 0 Å². The van der Waals surface area contributed by atoms with E-state index < -0.39 is 10.1 Å². The number of hydrogen-bond acceptors (Lipinski definition) is 5. The predicted octanol–water partition coefficient (Wildman–Crippen LogP) is 0.441. The van der Waals surface area contributed by atoms with Gasteiger partial charge >= 0.3 is 0 Å². The number of rotatable bonds is 12. The summed E-state index contributed by atoms with van der Waals surface area (Å²) < 4.78 is 43.0. The third kappa shape index (κ3) is 9.34. The fourth-order valence-corrected chi connectivity index (χ4v) is 2.53. The maximum absolute atomic E-state index is 10.6. The van der Waals surface area contributed by atoms with Crippen LogP contribution in [0.2, 0.25) is 0 Å². The lowest BCUT2D eigenvalue weighted by Crippen LogP contribution is -2.50. The Morgan fingerprint density at radius 2 is 1.68 bits per heavy atom. The molecule has 0 amide bonds. The maximum atomic E-state index is 10.6. The lowest BCUT2D eigenvalue weighted by molar-refractivity contribution is -0.925. The van der Waals surface area contributed by atoms with Gasteiger partial charge in [-0.15, -0.1) is 0 Å². The summed E-state index contributed by atoms with van der Waals surface area (Å²) in [5.41, 5.74) is 0. The van der Waals surface area contributed by atoms with E-state index in [1.807, 2.05) is 0 Å². The molecule has 6 nitrogen and oxygen atoms in total. The van der Waals surface area contributed by atoms with Crippen molar-refractivity contribution < 1.29 is 26.9 Å². The minimum absolute atomic E-state index is 0.280. The van der Waals surface area contributed by atoms with Crippen molar-refractivity contribution in [2.24, 2.45) is 0 Å². The molecule has 0 N–H and O–H groups in total. The van der Waals surface area contributed by atoms with Crippen LogP contribution >= 0.6 is 0 Å². The third-order valence-corrected chi connectivity index (χ3v) is 4.30. The first-order chi connectivity index (χ1) is 8.89. The molecule has 116 valence electrons.